The molecule has 0 saturated heterocycles. The first-order valence-electron chi connectivity index (χ1n) is 6.83. The van der Waals surface area contributed by atoms with Crippen LogP contribution < -0.4 is 10.0 Å². The number of rotatable bonds is 5. The van der Waals surface area contributed by atoms with Crippen LogP contribution in [0.1, 0.15) is 15.9 Å². The van der Waals surface area contributed by atoms with E-state index < -0.39 is 15.9 Å². The van der Waals surface area contributed by atoms with Gasteiger partial charge >= 0.3 is 0 Å². The molecule has 2 N–H and O–H groups in total. The first kappa shape index (κ1) is 16.6. The second-order valence-corrected chi connectivity index (χ2v) is 6.57. The first-order valence-corrected chi connectivity index (χ1v) is 8.32. The number of sulfonamides is 1. The fraction of sp³-hybridized carbons (Fsp3) is 0.118. The standard InChI is InChI=1S/C17H16N2O3S/c1-3-10-18-17(20)14-7-5-9-16(12-14)23(21,22)19-15-8-4-6-13(2)11-15/h1,4-9,11-12,19H,10H2,2H3,(H,18,20). The van der Waals surface area contributed by atoms with Crippen molar-refractivity contribution in [2.24, 2.45) is 0 Å². The highest BCUT2D eigenvalue weighted by Crippen LogP contribution is 2.18. The van der Waals surface area contributed by atoms with Crippen molar-refractivity contribution in [2.45, 2.75) is 11.8 Å². The van der Waals surface area contributed by atoms with Crippen molar-refractivity contribution in [3.05, 3.63) is 59.7 Å². The monoisotopic (exact) mass is 328 g/mol. The Morgan fingerprint density at radius 1 is 1.17 bits per heavy atom. The van der Waals surface area contributed by atoms with E-state index in [0.717, 1.165) is 5.56 Å². The molecule has 0 fully saturated rings. The van der Waals surface area contributed by atoms with Crippen LogP contribution >= 0.6 is 0 Å². The van der Waals surface area contributed by atoms with E-state index >= 15 is 0 Å². The van der Waals surface area contributed by atoms with E-state index in [1.165, 1.54) is 24.3 Å². The lowest BCUT2D eigenvalue weighted by molar-refractivity contribution is 0.0958. The lowest BCUT2D eigenvalue weighted by Gasteiger charge is -2.10. The van der Waals surface area contributed by atoms with Gasteiger partial charge in [-0.2, -0.15) is 0 Å². The van der Waals surface area contributed by atoms with Crippen molar-refractivity contribution in [2.75, 3.05) is 11.3 Å². The normalized spacial score (nSPS) is 10.6. The molecule has 0 bridgehead atoms. The van der Waals surface area contributed by atoms with Gasteiger partial charge in [-0.15, -0.1) is 6.42 Å². The Morgan fingerprint density at radius 3 is 2.61 bits per heavy atom. The zero-order valence-electron chi connectivity index (χ0n) is 12.5. The molecular formula is C17H16N2O3S. The van der Waals surface area contributed by atoms with Crippen LogP contribution in [0.4, 0.5) is 5.69 Å². The van der Waals surface area contributed by atoms with Crippen LogP contribution in [0.5, 0.6) is 0 Å². The van der Waals surface area contributed by atoms with Crippen molar-refractivity contribution in [1.29, 1.82) is 0 Å². The number of amides is 1. The summed E-state index contributed by atoms with van der Waals surface area (Å²) in [4.78, 5) is 11.9. The van der Waals surface area contributed by atoms with Crippen LogP contribution in [0.2, 0.25) is 0 Å². The summed E-state index contributed by atoms with van der Waals surface area (Å²) in [6.45, 7) is 1.95. The highest BCUT2D eigenvalue weighted by Gasteiger charge is 2.16. The Hall–Kier alpha value is -2.78. The van der Waals surface area contributed by atoms with Gasteiger partial charge in [-0.05, 0) is 42.8 Å². The zero-order valence-corrected chi connectivity index (χ0v) is 13.4. The summed E-state index contributed by atoms with van der Waals surface area (Å²) in [7, 11) is -3.78. The number of aryl methyl sites for hydroxylation is 1. The van der Waals surface area contributed by atoms with Crippen LogP contribution in [-0.2, 0) is 10.0 Å². The van der Waals surface area contributed by atoms with E-state index in [-0.39, 0.29) is 17.0 Å². The average molecular weight is 328 g/mol. The fourth-order valence-electron chi connectivity index (χ4n) is 1.96. The molecule has 5 nitrogen and oxygen atoms in total. The Balaban J connectivity index is 2.26. The number of hydrogen-bond donors (Lipinski definition) is 2. The Bertz CT molecular complexity index is 867. The molecule has 0 saturated carbocycles. The van der Waals surface area contributed by atoms with E-state index in [9.17, 15) is 13.2 Å². The Labute approximate surface area is 135 Å². The van der Waals surface area contributed by atoms with E-state index in [1.807, 2.05) is 13.0 Å². The van der Waals surface area contributed by atoms with Crippen molar-refractivity contribution >= 4 is 21.6 Å². The van der Waals surface area contributed by atoms with E-state index in [1.54, 1.807) is 18.2 Å². The number of benzene rings is 2. The third-order valence-corrected chi connectivity index (χ3v) is 4.41. The van der Waals surface area contributed by atoms with Crippen LogP contribution in [0.25, 0.3) is 0 Å². The molecule has 0 spiro atoms. The van der Waals surface area contributed by atoms with E-state index in [2.05, 4.69) is 16.0 Å². The molecule has 1 amide bonds. The third-order valence-electron chi connectivity index (χ3n) is 3.03. The highest BCUT2D eigenvalue weighted by molar-refractivity contribution is 7.92. The molecule has 2 aromatic rings. The number of carbonyl (C=O) groups is 1. The maximum atomic E-state index is 12.4. The summed E-state index contributed by atoms with van der Waals surface area (Å²) < 4.78 is 27.3. The minimum absolute atomic E-state index is 0.00682. The molecule has 2 rings (SSSR count). The summed E-state index contributed by atoms with van der Waals surface area (Å²) in [5.41, 5.74) is 1.63. The summed E-state index contributed by atoms with van der Waals surface area (Å²) in [6.07, 6.45) is 5.08. The van der Waals surface area contributed by atoms with Crippen LogP contribution in [0, 0.1) is 19.3 Å². The van der Waals surface area contributed by atoms with Crippen molar-refractivity contribution < 1.29 is 13.2 Å². The number of anilines is 1. The van der Waals surface area contributed by atoms with E-state index in [4.69, 9.17) is 6.42 Å². The van der Waals surface area contributed by atoms with Gasteiger partial charge in [0.25, 0.3) is 15.9 Å². The van der Waals surface area contributed by atoms with Gasteiger partial charge in [0.05, 0.1) is 11.4 Å². The van der Waals surface area contributed by atoms with Gasteiger partial charge in [0, 0.05) is 11.3 Å². The molecule has 0 aromatic heterocycles. The summed E-state index contributed by atoms with van der Waals surface area (Å²) >= 11 is 0. The van der Waals surface area contributed by atoms with Gasteiger partial charge in [-0.1, -0.05) is 24.1 Å². The van der Waals surface area contributed by atoms with Gasteiger partial charge in [0.15, 0.2) is 0 Å². The van der Waals surface area contributed by atoms with Gasteiger partial charge in [-0.3, -0.25) is 9.52 Å². The molecule has 0 radical (unpaired) electrons. The molecule has 0 heterocycles. The lowest BCUT2D eigenvalue weighted by atomic mass is 10.2. The van der Waals surface area contributed by atoms with Gasteiger partial charge in [0.2, 0.25) is 0 Å². The SMILES string of the molecule is C#CCNC(=O)c1cccc(S(=O)(=O)Nc2cccc(C)c2)c1. The van der Waals surface area contributed by atoms with Crippen molar-refractivity contribution in [1.82, 2.24) is 5.32 Å². The molecule has 0 aliphatic carbocycles. The number of hydrogen-bond acceptors (Lipinski definition) is 3. The van der Waals surface area contributed by atoms with Gasteiger partial charge in [0.1, 0.15) is 0 Å². The maximum Gasteiger partial charge on any atom is 0.261 e. The molecule has 0 atom stereocenters. The number of terminal acetylenes is 1. The highest BCUT2D eigenvalue weighted by atomic mass is 32.2. The summed E-state index contributed by atoms with van der Waals surface area (Å²) in [6, 6.07) is 12.8. The lowest BCUT2D eigenvalue weighted by Crippen LogP contribution is -2.24. The molecule has 23 heavy (non-hydrogen) atoms. The minimum atomic E-state index is -3.78. The second kappa shape index (κ2) is 6.99. The fourth-order valence-corrected chi connectivity index (χ4v) is 3.06. The smallest absolute Gasteiger partial charge is 0.261 e. The predicted molar refractivity (Wildman–Crippen MR) is 89.6 cm³/mol. The molecule has 0 aliphatic rings. The van der Waals surface area contributed by atoms with Crippen LogP contribution in [0.15, 0.2) is 53.4 Å². The third kappa shape index (κ3) is 4.34. The van der Waals surface area contributed by atoms with Crippen molar-refractivity contribution in [3.63, 3.8) is 0 Å². The largest absolute Gasteiger partial charge is 0.341 e. The average Bonchev–Trinajstić information content (AvgIpc) is 2.52. The van der Waals surface area contributed by atoms with Gasteiger partial charge in [-0.25, -0.2) is 8.42 Å². The Kier molecular flexibility index (Phi) is 5.04. The molecule has 0 aliphatic heterocycles. The number of nitrogens with one attached hydrogen (secondary N) is 2. The minimum Gasteiger partial charge on any atom is -0.341 e. The van der Waals surface area contributed by atoms with Crippen LogP contribution in [0.3, 0.4) is 0 Å². The maximum absolute atomic E-state index is 12.4. The Morgan fingerprint density at radius 2 is 1.91 bits per heavy atom. The second-order valence-electron chi connectivity index (χ2n) is 4.89. The van der Waals surface area contributed by atoms with Gasteiger partial charge < -0.3 is 5.32 Å². The molecule has 118 valence electrons. The molecular weight excluding hydrogens is 312 g/mol. The molecule has 2 aromatic carbocycles. The number of carbonyl (C=O) groups excluding carboxylic acids is 1. The summed E-state index contributed by atoms with van der Waals surface area (Å²) in [5.74, 6) is 1.87. The quantitative estimate of drug-likeness (QED) is 0.826. The van der Waals surface area contributed by atoms with E-state index in [0.29, 0.717) is 5.69 Å². The first-order chi connectivity index (χ1) is 10.9. The van der Waals surface area contributed by atoms with Crippen LogP contribution in [-0.4, -0.2) is 20.9 Å². The molecule has 0 unspecified atom stereocenters. The van der Waals surface area contributed by atoms with Crippen molar-refractivity contribution in [3.8, 4) is 12.3 Å². The predicted octanol–water partition coefficient (Wildman–Crippen LogP) is 2.16. The summed E-state index contributed by atoms with van der Waals surface area (Å²) in [5, 5.41) is 2.49. The topological polar surface area (TPSA) is 75.3 Å². The molecule has 6 heteroatoms. The zero-order chi connectivity index (χ0) is 16.9.